The van der Waals surface area contributed by atoms with Crippen molar-refractivity contribution in [3.8, 4) is 11.5 Å². The monoisotopic (exact) mass is 206 g/mol. The lowest BCUT2D eigenvalue weighted by Crippen LogP contribution is -1.93. The Morgan fingerprint density at radius 1 is 1.27 bits per heavy atom. The van der Waals surface area contributed by atoms with Gasteiger partial charge in [0.1, 0.15) is 11.5 Å². The van der Waals surface area contributed by atoms with Crippen LogP contribution in [0.4, 0.5) is 0 Å². The molecule has 1 rings (SSSR count). The molecule has 1 aromatic carbocycles. The van der Waals surface area contributed by atoms with Gasteiger partial charge in [0.05, 0.1) is 14.2 Å². The highest BCUT2D eigenvalue weighted by Gasteiger charge is 2.03. The molecule has 0 radical (unpaired) electrons. The number of allylic oxidation sites excluding steroid dienone is 1. The van der Waals surface area contributed by atoms with Gasteiger partial charge in [-0.2, -0.15) is 0 Å². The molecule has 1 aromatic rings. The fraction of sp³-hybridized carbons (Fsp3) is 0.385. The van der Waals surface area contributed by atoms with E-state index >= 15 is 0 Å². The molecule has 0 spiro atoms. The van der Waals surface area contributed by atoms with E-state index in [0.717, 1.165) is 30.8 Å². The van der Waals surface area contributed by atoms with Crippen molar-refractivity contribution in [1.29, 1.82) is 0 Å². The molecule has 15 heavy (non-hydrogen) atoms. The summed E-state index contributed by atoms with van der Waals surface area (Å²) in [6.45, 7) is 3.71. The van der Waals surface area contributed by atoms with Crippen LogP contribution in [0.3, 0.4) is 0 Å². The van der Waals surface area contributed by atoms with Crippen molar-refractivity contribution in [2.45, 2.75) is 19.3 Å². The first-order chi connectivity index (χ1) is 7.31. The normalized spacial score (nSPS) is 9.73. The Bertz CT molecular complexity index is 318. The van der Waals surface area contributed by atoms with E-state index < -0.39 is 0 Å². The second-order valence-electron chi connectivity index (χ2n) is 3.36. The van der Waals surface area contributed by atoms with Crippen LogP contribution in [0.25, 0.3) is 0 Å². The van der Waals surface area contributed by atoms with Crippen LogP contribution < -0.4 is 9.47 Å². The SMILES string of the molecule is C=CCCCc1ccc(OC)cc1OC. The molecular weight excluding hydrogens is 188 g/mol. The zero-order valence-electron chi connectivity index (χ0n) is 9.45. The largest absolute Gasteiger partial charge is 0.497 e. The smallest absolute Gasteiger partial charge is 0.125 e. The van der Waals surface area contributed by atoms with E-state index in [0.29, 0.717) is 0 Å². The number of hydrogen-bond acceptors (Lipinski definition) is 2. The summed E-state index contributed by atoms with van der Waals surface area (Å²) in [5.41, 5.74) is 1.22. The van der Waals surface area contributed by atoms with Crippen molar-refractivity contribution < 1.29 is 9.47 Å². The predicted molar refractivity (Wildman–Crippen MR) is 62.7 cm³/mol. The highest BCUT2D eigenvalue weighted by atomic mass is 16.5. The molecule has 82 valence electrons. The van der Waals surface area contributed by atoms with Gasteiger partial charge in [0, 0.05) is 6.07 Å². The van der Waals surface area contributed by atoms with Crippen LogP contribution in [0.15, 0.2) is 30.9 Å². The second-order valence-corrected chi connectivity index (χ2v) is 3.36. The number of ether oxygens (including phenoxy) is 2. The summed E-state index contributed by atoms with van der Waals surface area (Å²) in [6.07, 6.45) is 5.09. The first-order valence-corrected chi connectivity index (χ1v) is 5.13. The fourth-order valence-corrected chi connectivity index (χ4v) is 1.50. The molecule has 2 heteroatoms. The maximum Gasteiger partial charge on any atom is 0.125 e. The molecule has 0 atom stereocenters. The first-order valence-electron chi connectivity index (χ1n) is 5.13. The summed E-state index contributed by atoms with van der Waals surface area (Å²) < 4.78 is 10.5. The van der Waals surface area contributed by atoms with Gasteiger partial charge in [0.2, 0.25) is 0 Å². The van der Waals surface area contributed by atoms with E-state index in [2.05, 4.69) is 12.6 Å². The average Bonchev–Trinajstić information content (AvgIpc) is 2.29. The van der Waals surface area contributed by atoms with Crippen molar-refractivity contribution in [3.05, 3.63) is 36.4 Å². The molecule has 0 N–H and O–H groups in total. The van der Waals surface area contributed by atoms with Crippen LogP contribution >= 0.6 is 0 Å². The zero-order chi connectivity index (χ0) is 11.1. The Labute approximate surface area is 91.5 Å². The van der Waals surface area contributed by atoms with Gasteiger partial charge in [0.25, 0.3) is 0 Å². The first kappa shape index (κ1) is 11.6. The van der Waals surface area contributed by atoms with Gasteiger partial charge in [-0.3, -0.25) is 0 Å². The van der Waals surface area contributed by atoms with E-state index in [-0.39, 0.29) is 0 Å². The van der Waals surface area contributed by atoms with Gasteiger partial charge < -0.3 is 9.47 Å². The van der Waals surface area contributed by atoms with Gasteiger partial charge in [-0.1, -0.05) is 12.1 Å². The second kappa shape index (κ2) is 6.12. The molecule has 2 nitrogen and oxygen atoms in total. The lowest BCUT2D eigenvalue weighted by atomic mass is 10.1. The van der Waals surface area contributed by atoms with E-state index in [4.69, 9.17) is 9.47 Å². The van der Waals surface area contributed by atoms with Gasteiger partial charge in [-0.25, -0.2) is 0 Å². The zero-order valence-corrected chi connectivity index (χ0v) is 9.45. The molecule has 0 heterocycles. The van der Waals surface area contributed by atoms with Gasteiger partial charge >= 0.3 is 0 Å². The standard InChI is InChI=1S/C13H18O2/c1-4-5-6-7-11-8-9-12(14-2)10-13(11)15-3/h4,8-10H,1,5-7H2,2-3H3. The molecule has 0 aliphatic rings. The number of aryl methyl sites for hydroxylation is 1. The summed E-state index contributed by atoms with van der Waals surface area (Å²) >= 11 is 0. The number of methoxy groups -OCH3 is 2. The fourth-order valence-electron chi connectivity index (χ4n) is 1.50. The molecule has 0 bridgehead atoms. The van der Waals surface area contributed by atoms with Crippen LogP contribution in [0.1, 0.15) is 18.4 Å². The van der Waals surface area contributed by atoms with Crippen molar-refractivity contribution in [2.24, 2.45) is 0 Å². The Balaban J connectivity index is 2.73. The van der Waals surface area contributed by atoms with E-state index in [1.807, 2.05) is 18.2 Å². The van der Waals surface area contributed by atoms with Crippen LogP contribution in [0.2, 0.25) is 0 Å². The molecule has 0 fully saturated rings. The lowest BCUT2D eigenvalue weighted by Gasteiger charge is -2.09. The van der Waals surface area contributed by atoms with Crippen molar-refractivity contribution in [2.75, 3.05) is 14.2 Å². The van der Waals surface area contributed by atoms with Gasteiger partial charge in [0.15, 0.2) is 0 Å². The topological polar surface area (TPSA) is 18.5 Å². The minimum absolute atomic E-state index is 0.833. The Morgan fingerprint density at radius 3 is 2.67 bits per heavy atom. The highest BCUT2D eigenvalue weighted by Crippen LogP contribution is 2.25. The molecule has 0 aliphatic carbocycles. The molecule has 0 aromatic heterocycles. The summed E-state index contributed by atoms with van der Waals surface area (Å²) in [6, 6.07) is 5.94. The third-order valence-corrected chi connectivity index (χ3v) is 2.35. The van der Waals surface area contributed by atoms with Crippen molar-refractivity contribution in [3.63, 3.8) is 0 Å². The van der Waals surface area contributed by atoms with E-state index in [9.17, 15) is 0 Å². The molecule has 0 aliphatic heterocycles. The number of benzene rings is 1. The minimum Gasteiger partial charge on any atom is -0.497 e. The maximum atomic E-state index is 5.31. The third kappa shape index (κ3) is 3.31. The van der Waals surface area contributed by atoms with E-state index in [1.54, 1.807) is 14.2 Å². The van der Waals surface area contributed by atoms with Crippen LogP contribution in [0.5, 0.6) is 11.5 Å². The quantitative estimate of drug-likeness (QED) is 0.525. The van der Waals surface area contributed by atoms with Gasteiger partial charge in [-0.05, 0) is 30.9 Å². The summed E-state index contributed by atoms with van der Waals surface area (Å²) in [4.78, 5) is 0. The minimum atomic E-state index is 0.833. The molecule has 0 saturated carbocycles. The average molecular weight is 206 g/mol. The number of hydrogen-bond donors (Lipinski definition) is 0. The Morgan fingerprint density at radius 2 is 2.07 bits per heavy atom. The van der Waals surface area contributed by atoms with Crippen LogP contribution in [-0.4, -0.2) is 14.2 Å². The number of unbranched alkanes of at least 4 members (excludes halogenated alkanes) is 1. The van der Waals surface area contributed by atoms with Crippen LogP contribution in [0, 0.1) is 0 Å². The lowest BCUT2D eigenvalue weighted by molar-refractivity contribution is 0.390. The molecule has 0 saturated heterocycles. The summed E-state index contributed by atoms with van der Waals surface area (Å²) in [7, 11) is 3.35. The third-order valence-electron chi connectivity index (χ3n) is 2.35. The Hall–Kier alpha value is -1.44. The van der Waals surface area contributed by atoms with Crippen LogP contribution in [-0.2, 0) is 6.42 Å². The highest BCUT2D eigenvalue weighted by molar-refractivity contribution is 5.40. The molecule has 0 unspecified atom stereocenters. The summed E-state index contributed by atoms with van der Waals surface area (Å²) in [5.74, 6) is 1.73. The van der Waals surface area contributed by atoms with Crippen molar-refractivity contribution >= 4 is 0 Å². The molecule has 0 amide bonds. The Kier molecular flexibility index (Phi) is 4.75. The summed E-state index contributed by atoms with van der Waals surface area (Å²) in [5, 5.41) is 0. The molecular formula is C13H18O2. The number of rotatable bonds is 6. The van der Waals surface area contributed by atoms with Gasteiger partial charge in [-0.15, -0.1) is 6.58 Å². The van der Waals surface area contributed by atoms with Crippen molar-refractivity contribution in [1.82, 2.24) is 0 Å². The predicted octanol–water partition coefficient (Wildman–Crippen LogP) is 3.21. The van der Waals surface area contributed by atoms with E-state index in [1.165, 1.54) is 5.56 Å². The maximum absolute atomic E-state index is 5.31.